The minimum absolute atomic E-state index is 0.809. The van der Waals surface area contributed by atoms with Crippen molar-refractivity contribution in [1.82, 2.24) is 0 Å². The molecule has 0 fully saturated rings. The molecule has 2 nitrogen and oxygen atoms in total. The number of hydrogen-bond acceptors (Lipinski definition) is 2. The van der Waals surface area contributed by atoms with E-state index in [0.29, 0.717) is 0 Å². The maximum absolute atomic E-state index is 5.02. The first-order valence-electron chi connectivity index (χ1n) is 3.72. The van der Waals surface area contributed by atoms with Crippen LogP contribution >= 0.6 is 0 Å². The van der Waals surface area contributed by atoms with Gasteiger partial charge in [0.1, 0.15) is 5.76 Å². The molecule has 2 heteroatoms. The van der Waals surface area contributed by atoms with Gasteiger partial charge in [0.05, 0.1) is 7.11 Å². The third kappa shape index (κ3) is 5.40. The molecule has 0 saturated heterocycles. The molecule has 0 amide bonds. The van der Waals surface area contributed by atoms with Crippen molar-refractivity contribution >= 4 is 6.21 Å². The highest BCUT2D eigenvalue weighted by Crippen LogP contribution is 1.94. The van der Waals surface area contributed by atoms with Crippen molar-refractivity contribution < 1.29 is 4.74 Å². The van der Waals surface area contributed by atoms with Gasteiger partial charge in [-0.2, -0.15) is 0 Å². The Kier molecular flexibility index (Phi) is 6.39. The molecule has 0 spiro atoms. The van der Waals surface area contributed by atoms with E-state index in [2.05, 4.69) is 4.99 Å². The van der Waals surface area contributed by atoms with E-state index in [-0.39, 0.29) is 0 Å². The zero-order valence-electron chi connectivity index (χ0n) is 7.37. The predicted molar refractivity (Wildman–Crippen MR) is 48.9 cm³/mol. The van der Waals surface area contributed by atoms with Gasteiger partial charge < -0.3 is 4.74 Å². The Hall–Kier alpha value is -1.05. The van der Waals surface area contributed by atoms with Gasteiger partial charge in [-0.1, -0.05) is 6.08 Å². The first kappa shape index (κ1) is 9.95. The van der Waals surface area contributed by atoms with Crippen LogP contribution in [0, 0.1) is 0 Å². The molecular weight excluding hydrogens is 138 g/mol. The average Bonchev–Trinajstić information content (AvgIpc) is 2.03. The van der Waals surface area contributed by atoms with Gasteiger partial charge in [-0.3, -0.25) is 4.99 Å². The summed E-state index contributed by atoms with van der Waals surface area (Å²) in [5.74, 6) is 0.824. The van der Waals surface area contributed by atoms with Gasteiger partial charge in [-0.05, 0) is 26.0 Å². The van der Waals surface area contributed by atoms with Crippen molar-refractivity contribution in [2.45, 2.75) is 13.8 Å². The monoisotopic (exact) mass is 153 g/mol. The van der Waals surface area contributed by atoms with Crippen molar-refractivity contribution in [2.75, 3.05) is 13.7 Å². The molecule has 0 aliphatic rings. The number of methoxy groups -OCH3 is 1. The van der Waals surface area contributed by atoms with E-state index in [4.69, 9.17) is 4.74 Å². The lowest BCUT2D eigenvalue weighted by Gasteiger charge is -1.95. The predicted octanol–water partition coefficient (Wildman–Crippen LogP) is 2.18. The smallest absolute Gasteiger partial charge is 0.120 e. The standard InChI is InChI=1S/C9H15NO/c1-4-6-9(11-3)7-8-10-5-2/h4,6-8H,5H2,1-3H3/b6-4-,9-7+,10-8+. The van der Waals surface area contributed by atoms with Crippen LogP contribution in [-0.4, -0.2) is 19.9 Å². The second kappa shape index (κ2) is 7.06. The van der Waals surface area contributed by atoms with Gasteiger partial charge in [0.25, 0.3) is 0 Å². The topological polar surface area (TPSA) is 21.6 Å². The van der Waals surface area contributed by atoms with E-state index in [1.807, 2.05) is 32.1 Å². The van der Waals surface area contributed by atoms with Crippen LogP contribution in [-0.2, 0) is 4.74 Å². The van der Waals surface area contributed by atoms with Crippen LogP contribution in [0.25, 0.3) is 0 Å². The maximum atomic E-state index is 5.02. The van der Waals surface area contributed by atoms with Gasteiger partial charge >= 0.3 is 0 Å². The molecule has 0 heterocycles. The lowest BCUT2D eigenvalue weighted by molar-refractivity contribution is 0.307. The molecular formula is C9H15NO. The lowest BCUT2D eigenvalue weighted by atomic mass is 10.4. The summed E-state index contributed by atoms with van der Waals surface area (Å²) in [6, 6.07) is 0. The first-order chi connectivity index (χ1) is 5.35. The Balaban J connectivity index is 4.00. The van der Waals surface area contributed by atoms with E-state index in [1.165, 1.54) is 0 Å². The number of allylic oxidation sites excluding steroid dienone is 3. The van der Waals surface area contributed by atoms with Gasteiger partial charge in [0, 0.05) is 12.8 Å². The second-order valence-corrected chi connectivity index (χ2v) is 1.92. The molecule has 0 aromatic rings. The van der Waals surface area contributed by atoms with Crippen molar-refractivity contribution in [3.63, 3.8) is 0 Å². The fourth-order valence-corrected chi connectivity index (χ4v) is 0.587. The minimum Gasteiger partial charge on any atom is -0.497 e. The summed E-state index contributed by atoms with van der Waals surface area (Å²) in [5.41, 5.74) is 0. The van der Waals surface area contributed by atoms with E-state index >= 15 is 0 Å². The fraction of sp³-hybridized carbons (Fsp3) is 0.444. The number of ether oxygens (including phenoxy) is 1. The molecule has 0 aromatic heterocycles. The molecule has 0 radical (unpaired) electrons. The summed E-state index contributed by atoms with van der Waals surface area (Å²) < 4.78 is 5.02. The lowest BCUT2D eigenvalue weighted by Crippen LogP contribution is -1.82. The Morgan fingerprint density at radius 3 is 2.73 bits per heavy atom. The van der Waals surface area contributed by atoms with E-state index in [1.54, 1.807) is 13.3 Å². The Morgan fingerprint density at radius 2 is 2.27 bits per heavy atom. The van der Waals surface area contributed by atoms with Crippen molar-refractivity contribution in [3.8, 4) is 0 Å². The average molecular weight is 153 g/mol. The Morgan fingerprint density at radius 1 is 1.55 bits per heavy atom. The molecule has 0 bridgehead atoms. The fourth-order valence-electron chi connectivity index (χ4n) is 0.587. The molecule has 0 aromatic carbocycles. The molecule has 11 heavy (non-hydrogen) atoms. The molecule has 0 aliphatic carbocycles. The van der Waals surface area contributed by atoms with E-state index in [9.17, 15) is 0 Å². The molecule has 62 valence electrons. The molecule has 0 N–H and O–H groups in total. The quantitative estimate of drug-likeness (QED) is 0.344. The van der Waals surface area contributed by atoms with Crippen molar-refractivity contribution in [2.24, 2.45) is 4.99 Å². The van der Waals surface area contributed by atoms with Crippen LogP contribution in [0.4, 0.5) is 0 Å². The van der Waals surface area contributed by atoms with Crippen LogP contribution in [0.5, 0.6) is 0 Å². The number of aliphatic imine (C=N–C) groups is 1. The highest BCUT2D eigenvalue weighted by molar-refractivity contribution is 5.72. The summed E-state index contributed by atoms with van der Waals surface area (Å²) in [5, 5.41) is 0. The van der Waals surface area contributed by atoms with Crippen LogP contribution in [0.3, 0.4) is 0 Å². The van der Waals surface area contributed by atoms with Gasteiger partial charge in [0.15, 0.2) is 0 Å². The zero-order chi connectivity index (χ0) is 8.53. The highest BCUT2D eigenvalue weighted by Gasteiger charge is 1.82. The van der Waals surface area contributed by atoms with Gasteiger partial charge in [-0.25, -0.2) is 0 Å². The molecule has 0 rings (SSSR count). The van der Waals surface area contributed by atoms with Crippen LogP contribution in [0.2, 0.25) is 0 Å². The van der Waals surface area contributed by atoms with Crippen LogP contribution in [0.15, 0.2) is 29.0 Å². The third-order valence-electron chi connectivity index (χ3n) is 1.09. The largest absolute Gasteiger partial charge is 0.497 e. The van der Waals surface area contributed by atoms with Gasteiger partial charge in [0.2, 0.25) is 0 Å². The highest BCUT2D eigenvalue weighted by atomic mass is 16.5. The SMILES string of the molecule is C\C=C/C(=C\C=N\CC)OC. The number of rotatable bonds is 4. The zero-order valence-corrected chi connectivity index (χ0v) is 7.37. The van der Waals surface area contributed by atoms with E-state index < -0.39 is 0 Å². The van der Waals surface area contributed by atoms with E-state index in [0.717, 1.165) is 12.3 Å². The summed E-state index contributed by atoms with van der Waals surface area (Å²) in [4.78, 5) is 4.03. The Bertz CT molecular complexity index is 168. The van der Waals surface area contributed by atoms with Gasteiger partial charge in [-0.15, -0.1) is 0 Å². The molecule has 0 aliphatic heterocycles. The molecule has 0 unspecified atom stereocenters. The van der Waals surface area contributed by atoms with Crippen LogP contribution < -0.4 is 0 Å². The minimum atomic E-state index is 0.809. The maximum Gasteiger partial charge on any atom is 0.120 e. The van der Waals surface area contributed by atoms with Crippen LogP contribution in [0.1, 0.15) is 13.8 Å². The number of nitrogens with zero attached hydrogens (tertiary/aromatic N) is 1. The first-order valence-corrected chi connectivity index (χ1v) is 3.72. The summed E-state index contributed by atoms with van der Waals surface area (Å²) in [7, 11) is 1.64. The molecule has 0 atom stereocenters. The molecule has 0 saturated carbocycles. The number of hydrogen-bond donors (Lipinski definition) is 0. The summed E-state index contributed by atoms with van der Waals surface area (Å²) in [6.07, 6.45) is 7.40. The second-order valence-electron chi connectivity index (χ2n) is 1.92. The summed E-state index contributed by atoms with van der Waals surface area (Å²) in [6.45, 7) is 4.75. The summed E-state index contributed by atoms with van der Waals surface area (Å²) >= 11 is 0. The normalized spacial score (nSPS) is 13.2. The van der Waals surface area contributed by atoms with Crippen molar-refractivity contribution in [1.29, 1.82) is 0 Å². The van der Waals surface area contributed by atoms with Crippen molar-refractivity contribution in [3.05, 3.63) is 24.0 Å². The third-order valence-corrected chi connectivity index (χ3v) is 1.09. The Labute approximate surface area is 68.3 Å².